The molecule has 2 heterocycles. The molecule has 0 aliphatic carbocycles. The molecule has 12 heteroatoms. The summed E-state index contributed by atoms with van der Waals surface area (Å²) in [7, 11) is 4.68. The number of para-hydroxylation sites is 1. The molecular weight excluding hydrogens is 498 g/mol. The molecule has 1 aromatic heterocycles. The number of rotatable bonds is 10. The van der Waals surface area contributed by atoms with Gasteiger partial charge < -0.3 is 19.3 Å². The maximum atomic E-state index is 13.4. The molecule has 1 amide bonds. The van der Waals surface area contributed by atoms with E-state index >= 15 is 0 Å². The Balaban J connectivity index is 1.58. The van der Waals surface area contributed by atoms with Gasteiger partial charge in [0, 0.05) is 24.5 Å². The van der Waals surface area contributed by atoms with Crippen LogP contribution in [-0.2, 0) is 16.1 Å². The zero-order chi connectivity index (χ0) is 26.2. The minimum Gasteiger partial charge on any atom is -0.861 e. The van der Waals surface area contributed by atoms with E-state index in [2.05, 4.69) is 15.3 Å². The van der Waals surface area contributed by atoms with Gasteiger partial charge in [-0.1, -0.05) is 30.0 Å². The number of benzene rings is 2. The van der Waals surface area contributed by atoms with E-state index < -0.39 is 5.90 Å². The Kier molecular flexibility index (Phi) is 8.54. The summed E-state index contributed by atoms with van der Waals surface area (Å²) in [4.78, 5) is 23.3. The fourth-order valence-corrected chi connectivity index (χ4v) is 4.17. The fourth-order valence-electron chi connectivity index (χ4n) is 3.37. The Morgan fingerprint density at radius 2 is 2.00 bits per heavy atom. The highest BCUT2D eigenvalue weighted by molar-refractivity contribution is 8.14. The number of anilines is 1. The van der Waals surface area contributed by atoms with E-state index in [0.29, 0.717) is 41.1 Å². The van der Waals surface area contributed by atoms with E-state index in [9.17, 15) is 9.90 Å². The Labute approximate surface area is 217 Å². The number of aromatic nitrogens is 2. The number of hydrogen-bond donors (Lipinski definition) is 0. The van der Waals surface area contributed by atoms with E-state index in [4.69, 9.17) is 18.7 Å². The largest absolute Gasteiger partial charge is 0.861 e. The third-order valence-corrected chi connectivity index (χ3v) is 6.08. The van der Waals surface area contributed by atoms with Crippen LogP contribution in [-0.4, -0.2) is 55.9 Å². The molecular formula is C25H25N5O6S. The fraction of sp³-hybridized carbons (Fsp3) is 0.240. The molecule has 0 spiro atoms. The van der Waals surface area contributed by atoms with Crippen LogP contribution in [0.15, 0.2) is 74.9 Å². The Hall–Kier alpha value is -4.16. The summed E-state index contributed by atoms with van der Waals surface area (Å²) in [5.41, 5.74) is 1.49. The summed E-state index contributed by atoms with van der Waals surface area (Å²) in [6, 6.07) is 14.4. The molecule has 37 heavy (non-hydrogen) atoms. The topological polar surface area (TPSA) is 126 Å². The number of ether oxygens (including phenoxy) is 3. The molecule has 3 aromatic rings. The van der Waals surface area contributed by atoms with E-state index in [0.717, 1.165) is 11.8 Å². The van der Waals surface area contributed by atoms with Crippen LogP contribution >= 0.6 is 11.8 Å². The zero-order valence-electron chi connectivity index (χ0n) is 20.5. The van der Waals surface area contributed by atoms with Crippen LogP contribution in [0.4, 0.5) is 11.6 Å². The molecule has 0 unspecified atom stereocenters. The first kappa shape index (κ1) is 25.9. The van der Waals surface area contributed by atoms with Crippen molar-refractivity contribution in [3.63, 3.8) is 0 Å². The summed E-state index contributed by atoms with van der Waals surface area (Å²) in [6.07, 6.45) is 3.15. The second-order valence-electron chi connectivity index (χ2n) is 7.60. The number of carbonyl (C=O) groups is 1. The van der Waals surface area contributed by atoms with Crippen molar-refractivity contribution in [3.8, 4) is 11.5 Å². The molecule has 0 N–H and O–H groups in total. The van der Waals surface area contributed by atoms with Crippen LogP contribution in [0.2, 0.25) is 0 Å². The SMILES string of the molecule is COCC[n+]1cc(/N=C(/[O-])CSC2=N/C(=C/c3ccc(OC)cc3OC)C(=O)N2c2ccccc2)on1. The normalized spacial score (nSPS) is 14.8. The van der Waals surface area contributed by atoms with Crippen molar-refractivity contribution >= 4 is 46.4 Å². The van der Waals surface area contributed by atoms with Crippen molar-refractivity contribution in [1.29, 1.82) is 0 Å². The van der Waals surface area contributed by atoms with E-state index in [-0.39, 0.29) is 23.2 Å². The number of carbonyl (C=O) groups excluding carboxylic acids is 1. The average Bonchev–Trinajstić information content (AvgIpc) is 3.50. The lowest BCUT2D eigenvalue weighted by molar-refractivity contribution is -0.763. The second-order valence-corrected chi connectivity index (χ2v) is 8.54. The van der Waals surface area contributed by atoms with Gasteiger partial charge in [-0.05, 0) is 40.9 Å². The molecule has 0 atom stereocenters. The van der Waals surface area contributed by atoms with E-state index in [1.807, 2.05) is 18.2 Å². The summed E-state index contributed by atoms with van der Waals surface area (Å²) in [6.45, 7) is 0.916. The second kappa shape index (κ2) is 12.2. The number of hydrogen-bond acceptors (Lipinski definition) is 10. The lowest BCUT2D eigenvalue weighted by Crippen LogP contribution is -2.36. The molecule has 11 nitrogen and oxygen atoms in total. The van der Waals surface area contributed by atoms with E-state index in [1.54, 1.807) is 50.6 Å². The molecule has 0 fully saturated rings. The summed E-state index contributed by atoms with van der Waals surface area (Å²) >= 11 is 1.10. The minimum atomic E-state index is -0.461. The molecule has 2 aromatic carbocycles. The highest BCUT2D eigenvalue weighted by Crippen LogP contribution is 2.32. The molecule has 0 bridgehead atoms. The van der Waals surface area contributed by atoms with Crippen LogP contribution in [0, 0.1) is 0 Å². The zero-order valence-corrected chi connectivity index (χ0v) is 21.3. The molecule has 1 aliphatic rings. The van der Waals surface area contributed by atoms with Crippen LogP contribution < -0.4 is 24.2 Å². The molecule has 1 aliphatic heterocycles. The molecule has 0 saturated heterocycles. The number of nitrogens with zero attached hydrogens (tertiary/aromatic N) is 5. The van der Waals surface area contributed by atoms with Crippen molar-refractivity contribution in [2.45, 2.75) is 6.54 Å². The highest BCUT2D eigenvalue weighted by Gasteiger charge is 2.32. The van der Waals surface area contributed by atoms with Crippen LogP contribution in [0.5, 0.6) is 11.5 Å². The third-order valence-electron chi connectivity index (χ3n) is 5.16. The van der Waals surface area contributed by atoms with Crippen molar-refractivity contribution in [3.05, 3.63) is 66.0 Å². The smallest absolute Gasteiger partial charge is 0.320 e. The van der Waals surface area contributed by atoms with Gasteiger partial charge in [-0.2, -0.15) is 0 Å². The summed E-state index contributed by atoms with van der Waals surface area (Å²) in [5, 5.41) is 16.7. The quantitative estimate of drug-likeness (QED) is 0.171. The maximum absolute atomic E-state index is 13.4. The molecule has 4 rings (SSSR count). The third kappa shape index (κ3) is 6.35. The first-order valence-corrected chi connectivity index (χ1v) is 12.2. The van der Waals surface area contributed by atoms with Crippen LogP contribution in [0.25, 0.3) is 6.08 Å². The van der Waals surface area contributed by atoms with Crippen molar-refractivity contribution < 1.29 is 33.3 Å². The van der Waals surface area contributed by atoms with Gasteiger partial charge in [-0.25, -0.2) is 9.98 Å². The average molecular weight is 524 g/mol. The molecule has 192 valence electrons. The van der Waals surface area contributed by atoms with Gasteiger partial charge in [0.15, 0.2) is 5.17 Å². The highest BCUT2D eigenvalue weighted by atomic mass is 32.2. The molecule has 0 saturated carbocycles. The first-order chi connectivity index (χ1) is 18.0. The van der Waals surface area contributed by atoms with E-state index in [1.165, 1.54) is 22.9 Å². The first-order valence-electron chi connectivity index (χ1n) is 11.2. The number of amidine groups is 1. The van der Waals surface area contributed by atoms with Gasteiger partial charge >= 0.3 is 5.88 Å². The maximum Gasteiger partial charge on any atom is 0.320 e. The molecule has 0 radical (unpaired) electrons. The van der Waals surface area contributed by atoms with Crippen LogP contribution in [0.3, 0.4) is 0 Å². The summed E-state index contributed by atoms with van der Waals surface area (Å²) in [5.74, 6) is 0.389. The van der Waals surface area contributed by atoms with Crippen LogP contribution in [0.1, 0.15) is 5.56 Å². The van der Waals surface area contributed by atoms with Gasteiger partial charge in [0.25, 0.3) is 12.1 Å². The standard InChI is InChI=1S/C25H25N5O6S/c1-33-12-11-29-15-23(36-28-29)27-22(31)16-37-25-26-20(24(32)30(25)18-7-5-4-6-8-18)13-17-9-10-19(34-2)14-21(17)35-3/h4-10,13-15H,11-12,16H2,1-3H3/b20-13+. The lowest BCUT2D eigenvalue weighted by atomic mass is 10.1. The minimum absolute atomic E-state index is 0.0621. The Morgan fingerprint density at radius 3 is 2.73 bits per heavy atom. The summed E-state index contributed by atoms with van der Waals surface area (Å²) < 4.78 is 22.2. The number of amides is 1. The van der Waals surface area contributed by atoms with Crippen molar-refractivity contribution in [2.75, 3.05) is 38.6 Å². The number of thioether (sulfide) groups is 1. The Morgan fingerprint density at radius 1 is 1.19 bits per heavy atom. The van der Waals surface area contributed by atoms with Gasteiger partial charge in [0.1, 0.15) is 23.8 Å². The predicted molar refractivity (Wildman–Crippen MR) is 137 cm³/mol. The van der Waals surface area contributed by atoms with Gasteiger partial charge in [-0.15, -0.1) is 0 Å². The predicted octanol–water partition coefficient (Wildman–Crippen LogP) is 2.19. The number of methoxy groups -OCH3 is 3. The van der Waals surface area contributed by atoms with Crippen molar-refractivity contribution in [2.24, 2.45) is 9.98 Å². The van der Waals surface area contributed by atoms with Gasteiger partial charge in [0.2, 0.25) is 11.8 Å². The van der Waals surface area contributed by atoms with Gasteiger partial charge in [0.05, 0.1) is 19.9 Å². The Bertz CT molecular complexity index is 1340. The number of aliphatic imine (C=N–C) groups is 2. The monoisotopic (exact) mass is 523 g/mol. The van der Waals surface area contributed by atoms with Gasteiger partial charge in [-0.3, -0.25) is 14.2 Å². The van der Waals surface area contributed by atoms with Crippen molar-refractivity contribution in [1.82, 2.24) is 5.27 Å². The lowest BCUT2D eigenvalue weighted by Gasteiger charge is -2.18.